The van der Waals surface area contributed by atoms with Crippen molar-refractivity contribution in [1.82, 2.24) is 4.90 Å². The second-order valence-corrected chi connectivity index (χ2v) is 5.30. The van der Waals surface area contributed by atoms with Gasteiger partial charge in [-0.3, -0.25) is 4.90 Å². The molecule has 1 aromatic rings. The summed E-state index contributed by atoms with van der Waals surface area (Å²) in [6.07, 6.45) is 1.71. The van der Waals surface area contributed by atoms with Crippen molar-refractivity contribution >= 4 is 0 Å². The van der Waals surface area contributed by atoms with Crippen molar-refractivity contribution in [3.05, 3.63) is 35.9 Å². The Morgan fingerprint density at radius 2 is 1.75 bits per heavy atom. The number of nitrogens with zero attached hydrogens (tertiary/aromatic N) is 1. The quantitative estimate of drug-likeness (QED) is 0.753. The summed E-state index contributed by atoms with van der Waals surface area (Å²) in [7, 11) is 1.73. The summed E-state index contributed by atoms with van der Waals surface area (Å²) >= 11 is 0. The molecule has 3 nitrogen and oxygen atoms in total. The zero-order valence-electron chi connectivity index (χ0n) is 13.2. The number of hydrogen-bond donors (Lipinski definition) is 1. The van der Waals surface area contributed by atoms with Crippen LogP contribution < -0.4 is 0 Å². The van der Waals surface area contributed by atoms with Gasteiger partial charge in [-0.2, -0.15) is 0 Å². The Morgan fingerprint density at radius 1 is 1.15 bits per heavy atom. The lowest BCUT2D eigenvalue weighted by Crippen LogP contribution is -2.46. The van der Waals surface area contributed by atoms with E-state index in [2.05, 4.69) is 25.7 Å². The smallest absolute Gasteiger partial charge is 0.0942 e. The zero-order chi connectivity index (χ0) is 15.0. The molecule has 2 atom stereocenters. The zero-order valence-corrected chi connectivity index (χ0v) is 13.2. The molecule has 3 heteroatoms. The lowest BCUT2D eigenvalue weighted by Gasteiger charge is -2.38. The fraction of sp³-hybridized carbons (Fsp3) is 0.647. The van der Waals surface area contributed by atoms with Gasteiger partial charge < -0.3 is 9.84 Å². The van der Waals surface area contributed by atoms with Crippen LogP contribution >= 0.6 is 0 Å². The monoisotopic (exact) mass is 279 g/mol. The van der Waals surface area contributed by atoms with Crippen molar-refractivity contribution in [2.75, 3.05) is 20.3 Å². The maximum atomic E-state index is 10.6. The molecule has 0 aliphatic heterocycles. The minimum atomic E-state index is -0.464. The molecular weight excluding hydrogens is 250 g/mol. The third-order valence-electron chi connectivity index (χ3n) is 4.09. The molecule has 1 rings (SSSR count). The number of hydrogen-bond acceptors (Lipinski definition) is 3. The lowest BCUT2D eigenvalue weighted by molar-refractivity contribution is 0.0141. The molecule has 0 fully saturated rings. The van der Waals surface area contributed by atoms with Crippen LogP contribution in [0.1, 0.15) is 45.3 Å². The van der Waals surface area contributed by atoms with Gasteiger partial charge in [-0.05, 0) is 25.3 Å². The molecule has 20 heavy (non-hydrogen) atoms. The van der Waals surface area contributed by atoms with Crippen LogP contribution in [0.4, 0.5) is 0 Å². The highest BCUT2D eigenvalue weighted by Crippen LogP contribution is 2.24. The van der Waals surface area contributed by atoms with E-state index in [1.165, 1.54) is 0 Å². The second-order valence-electron chi connectivity index (χ2n) is 5.30. The van der Waals surface area contributed by atoms with E-state index in [0.29, 0.717) is 12.6 Å². The summed E-state index contributed by atoms with van der Waals surface area (Å²) in [6, 6.07) is 10.5. The van der Waals surface area contributed by atoms with Gasteiger partial charge in [0.05, 0.1) is 12.7 Å². The Morgan fingerprint density at radius 3 is 2.25 bits per heavy atom. The standard InChI is InChI=1S/C17H29NO2/c1-5-16(6-2)18(12-13-20-4)14(3)17(19)15-10-8-7-9-11-15/h7-11,14,16-17,19H,5-6,12-13H2,1-4H3. The molecule has 0 aliphatic rings. The first-order valence-electron chi connectivity index (χ1n) is 7.63. The summed E-state index contributed by atoms with van der Waals surface area (Å²) in [5, 5.41) is 10.6. The van der Waals surface area contributed by atoms with Gasteiger partial charge in [0.1, 0.15) is 0 Å². The first kappa shape index (κ1) is 17.2. The molecular formula is C17H29NO2. The summed E-state index contributed by atoms with van der Waals surface area (Å²) in [5.41, 5.74) is 0.980. The molecule has 0 aliphatic carbocycles. The van der Waals surface area contributed by atoms with E-state index in [1.807, 2.05) is 30.3 Å². The van der Waals surface area contributed by atoms with Crippen LogP contribution in [-0.4, -0.2) is 42.4 Å². The Labute approximate surface area is 123 Å². The molecule has 2 unspecified atom stereocenters. The van der Waals surface area contributed by atoms with Crippen molar-refractivity contribution in [3.63, 3.8) is 0 Å². The van der Waals surface area contributed by atoms with Crippen molar-refractivity contribution < 1.29 is 9.84 Å². The van der Waals surface area contributed by atoms with Crippen molar-refractivity contribution in [2.45, 2.75) is 51.8 Å². The Hall–Kier alpha value is -0.900. The molecule has 0 saturated heterocycles. The molecule has 1 aromatic carbocycles. The van der Waals surface area contributed by atoms with E-state index in [4.69, 9.17) is 4.74 Å². The van der Waals surface area contributed by atoms with Gasteiger partial charge >= 0.3 is 0 Å². The average molecular weight is 279 g/mol. The predicted octanol–water partition coefficient (Wildman–Crippen LogP) is 3.25. The lowest BCUT2D eigenvalue weighted by atomic mass is 9.99. The van der Waals surface area contributed by atoms with Crippen molar-refractivity contribution in [3.8, 4) is 0 Å². The normalized spacial score (nSPS) is 14.8. The minimum Gasteiger partial charge on any atom is -0.387 e. The van der Waals surface area contributed by atoms with E-state index in [9.17, 15) is 5.11 Å². The molecule has 0 radical (unpaired) electrons. The van der Waals surface area contributed by atoms with Gasteiger partial charge in [-0.25, -0.2) is 0 Å². The first-order valence-corrected chi connectivity index (χ1v) is 7.63. The Bertz CT molecular complexity index is 351. The number of methoxy groups -OCH3 is 1. The molecule has 0 saturated carbocycles. The molecule has 0 bridgehead atoms. The van der Waals surface area contributed by atoms with Crippen LogP contribution in [0.3, 0.4) is 0 Å². The highest BCUT2D eigenvalue weighted by Gasteiger charge is 2.27. The highest BCUT2D eigenvalue weighted by atomic mass is 16.5. The van der Waals surface area contributed by atoms with Crippen LogP contribution in [0.2, 0.25) is 0 Å². The van der Waals surface area contributed by atoms with Gasteiger partial charge in [0.15, 0.2) is 0 Å². The highest BCUT2D eigenvalue weighted by molar-refractivity contribution is 5.18. The van der Waals surface area contributed by atoms with E-state index in [1.54, 1.807) is 7.11 Å². The number of rotatable bonds is 9. The number of aliphatic hydroxyl groups excluding tert-OH is 1. The predicted molar refractivity (Wildman–Crippen MR) is 83.8 cm³/mol. The summed E-state index contributed by atoms with van der Waals surface area (Å²) in [5.74, 6) is 0. The SMILES string of the molecule is CCC(CC)N(CCOC)C(C)C(O)c1ccccc1. The number of ether oxygens (including phenoxy) is 1. The van der Waals surface area contributed by atoms with E-state index >= 15 is 0 Å². The fourth-order valence-electron chi connectivity index (χ4n) is 2.78. The van der Waals surface area contributed by atoms with Crippen molar-refractivity contribution in [1.29, 1.82) is 0 Å². The van der Waals surface area contributed by atoms with Crippen LogP contribution in [0.25, 0.3) is 0 Å². The minimum absolute atomic E-state index is 0.0810. The van der Waals surface area contributed by atoms with E-state index in [-0.39, 0.29) is 6.04 Å². The molecule has 0 heterocycles. The topological polar surface area (TPSA) is 32.7 Å². The summed E-state index contributed by atoms with van der Waals surface area (Å²) in [6.45, 7) is 8.06. The van der Waals surface area contributed by atoms with E-state index in [0.717, 1.165) is 24.9 Å². The van der Waals surface area contributed by atoms with Crippen LogP contribution in [0, 0.1) is 0 Å². The van der Waals surface area contributed by atoms with Gasteiger partial charge in [0, 0.05) is 25.7 Å². The summed E-state index contributed by atoms with van der Waals surface area (Å²) in [4.78, 5) is 2.38. The Balaban J connectivity index is 2.83. The van der Waals surface area contributed by atoms with Gasteiger partial charge in [-0.15, -0.1) is 0 Å². The molecule has 0 spiro atoms. The Kier molecular flexibility index (Phi) is 7.82. The largest absolute Gasteiger partial charge is 0.387 e. The van der Waals surface area contributed by atoms with Crippen molar-refractivity contribution in [2.24, 2.45) is 0 Å². The number of benzene rings is 1. The second kappa shape index (κ2) is 9.11. The fourth-order valence-corrected chi connectivity index (χ4v) is 2.78. The van der Waals surface area contributed by atoms with Crippen LogP contribution in [-0.2, 0) is 4.74 Å². The van der Waals surface area contributed by atoms with E-state index < -0.39 is 6.10 Å². The molecule has 0 amide bonds. The van der Waals surface area contributed by atoms with Gasteiger partial charge in [0.2, 0.25) is 0 Å². The number of aliphatic hydroxyl groups is 1. The van der Waals surface area contributed by atoms with Gasteiger partial charge in [0.25, 0.3) is 0 Å². The maximum absolute atomic E-state index is 10.6. The van der Waals surface area contributed by atoms with Crippen LogP contribution in [0.15, 0.2) is 30.3 Å². The first-order chi connectivity index (χ1) is 9.65. The average Bonchev–Trinajstić information content (AvgIpc) is 2.51. The maximum Gasteiger partial charge on any atom is 0.0942 e. The molecule has 0 aromatic heterocycles. The van der Waals surface area contributed by atoms with Crippen LogP contribution in [0.5, 0.6) is 0 Å². The van der Waals surface area contributed by atoms with Gasteiger partial charge in [-0.1, -0.05) is 44.2 Å². The summed E-state index contributed by atoms with van der Waals surface area (Å²) < 4.78 is 5.22. The molecule has 1 N–H and O–H groups in total. The molecule has 114 valence electrons. The third-order valence-corrected chi connectivity index (χ3v) is 4.09. The third kappa shape index (κ3) is 4.58.